The molecular formula is C14H9Cl2NO4. The van der Waals surface area contributed by atoms with Crippen molar-refractivity contribution in [3.63, 3.8) is 0 Å². The molecular weight excluding hydrogens is 317 g/mol. The number of carbonyl (C=O) groups excluding carboxylic acids is 1. The van der Waals surface area contributed by atoms with E-state index in [-0.39, 0.29) is 21.5 Å². The zero-order chi connectivity index (χ0) is 15.6. The van der Waals surface area contributed by atoms with E-state index in [0.29, 0.717) is 16.9 Å². The van der Waals surface area contributed by atoms with Gasteiger partial charge < -0.3 is 4.74 Å². The number of benzene rings is 2. The fourth-order valence-electron chi connectivity index (χ4n) is 1.71. The van der Waals surface area contributed by atoms with Crippen molar-refractivity contribution in [3.8, 4) is 11.5 Å². The number of nitro benzene ring substituents is 1. The average molecular weight is 326 g/mol. The van der Waals surface area contributed by atoms with E-state index in [9.17, 15) is 14.9 Å². The van der Waals surface area contributed by atoms with Crippen LogP contribution < -0.4 is 4.74 Å². The van der Waals surface area contributed by atoms with E-state index in [1.165, 1.54) is 6.07 Å². The van der Waals surface area contributed by atoms with Gasteiger partial charge >= 0.3 is 5.69 Å². The molecule has 0 amide bonds. The summed E-state index contributed by atoms with van der Waals surface area (Å²) in [5.41, 5.74) is 0.928. The minimum Gasteiger partial charge on any atom is -0.450 e. The molecule has 7 heteroatoms. The first-order valence-corrected chi connectivity index (χ1v) is 6.55. The van der Waals surface area contributed by atoms with Crippen LogP contribution in [0.3, 0.4) is 0 Å². The summed E-state index contributed by atoms with van der Waals surface area (Å²) in [6.07, 6.45) is 0.723. The van der Waals surface area contributed by atoms with Crippen LogP contribution in [0.1, 0.15) is 15.9 Å². The van der Waals surface area contributed by atoms with Crippen molar-refractivity contribution in [2.75, 3.05) is 0 Å². The summed E-state index contributed by atoms with van der Waals surface area (Å²) in [7, 11) is 0. The van der Waals surface area contributed by atoms with Gasteiger partial charge in [-0.1, -0.05) is 23.2 Å². The third-order valence-electron chi connectivity index (χ3n) is 2.79. The molecule has 0 heterocycles. The van der Waals surface area contributed by atoms with Crippen LogP contribution in [0.25, 0.3) is 0 Å². The van der Waals surface area contributed by atoms with E-state index in [1.807, 2.05) is 0 Å². The van der Waals surface area contributed by atoms with E-state index in [0.717, 1.165) is 12.4 Å². The first-order chi connectivity index (χ1) is 9.92. The molecule has 0 N–H and O–H groups in total. The summed E-state index contributed by atoms with van der Waals surface area (Å²) in [4.78, 5) is 21.2. The van der Waals surface area contributed by atoms with Gasteiger partial charge in [-0.25, -0.2) is 0 Å². The van der Waals surface area contributed by atoms with Gasteiger partial charge in [0.15, 0.2) is 0 Å². The third-order valence-corrected chi connectivity index (χ3v) is 3.52. The van der Waals surface area contributed by atoms with Gasteiger partial charge in [0.1, 0.15) is 12.0 Å². The van der Waals surface area contributed by atoms with Gasteiger partial charge in [-0.3, -0.25) is 14.9 Å². The van der Waals surface area contributed by atoms with Crippen LogP contribution in [0.5, 0.6) is 11.5 Å². The quantitative estimate of drug-likeness (QED) is 0.459. The van der Waals surface area contributed by atoms with Gasteiger partial charge in [0, 0.05) is 17.7 Å². The van der Waals surface area contributed by atoms with Crippen molar-refractivity contribution >= 4 is 35.2 Å². The number of hydrogen-bond acceptors (Lipinski definition) is 4. The van der Waals surface area contributed by atoms with E-state index in [1.54, 1.807) is 25.1 Å². The average Bonchev–Trinajstić information content (AvgIpc) is 2.42. The Labute approximate surface area is 130 Å². The Morgan fingerprint density at radius 2 is 1.86 bits per heavy atom. The Morgan fingerprint density at radius 1 is 1.19 bits per heavy atom. The molecule has 0 spiro atoms. The van der Waals surface area contributed by atoms with Gasteiger partial charge in [0.25, 0.3) is 0 Å². The zero-order valence-electron chi connectivity index (χ0n) is 10.8. The SMILES string of the molecule is Cc1cc(Oc2cc(Cl)c(Cl)cc2[N+](=O)[O-])ccc1C=O. The molecule has 0 atom stereocenters. The van der Waals surface area contributed by atoms with Crippen molar-refractivity contribution in [1.82, 2.24) is 0 Å². The second kappa shape index (κ2) is 6.11. The Hall–Kier alpha value is -2.11. The molecule has 5 nitrogen and oxygen atoms in total. The molecule has 0 saturated heterocycles. The predicted octanol–water partition coefficient (Wildman–Crippen LogP) is 4.81. The number of aryl methyl sites for hydroxylation is 1. The van der Waals surface area contributed by atoms with Crippen molar-refractivity contribution in [2.45, 2.75) is 6.92 Å². The highest BCUT2D eigenvalue weighted by atomic mass is 35.5. The Morgan fingerprint density at radius 3 is 2.43 bits per heavy atom. The topological polar surface area (TPSA) is 69.4 Å². The molecule has 0 fully saturated rings. The summed E-state index contributed by atoms with van der Waals surface area (Å²) >= 11 is 11.6. The molecule has 2 aromatic carbocycles. The standard InChI is InChI=1S/C14H9Cl2NO4/c1-8-4-10(3-2-9(8)7-18)21-14-6-12(16)11(15)5-13(14)17(19)20/h2-7H,1H3. The van der Waals surface area contributed by atoms with Crippen LogP contribution in [0.2, 0.25) is 10.0 Å². The highest BCUT2D eigenvalue weighted by molar-refractivity contribution is 6.42. The maximum absolute atomic E-state index is 11.0. The molecule has 0 unspecified atom stereocenters. The monoisotopic (exact) mass is 325 g/mol. The minimum atomic E-state index is -0.607. The molecule has 0 aliphatic heterocycles. The number of carbonyl (C=O) groups is 1. The molecule has 108 valence electrons. The van der Waals surface area contributed by atoms with Crippen LogP contribution in [-0.2, 0) is 0 Å². The highest BCUT2D eigenvalue weighted by Crippen LogP contribution is 2.38. The molecule has 0 aromatic heterocycles. The van der Waals surface area contributed by atoms with Crippen LogP contribution in [-0.4, -0.2) is 11.2 Å². The van der Waals surface area contributed by atoms with Crippen LogP contribution in [0.15, 0.2) is 30.3 Å². The lowest BCUT2D eigenvalue weighted by atomic mass is 10.1. The molecule has 0 saturated carbocycles. The fourth-order valence-corrected chi connectivity index (χ4v) is 2.02. The van der Waals surface area contributed by atoms with Crippen LogP contribution in [0, 0.1) is 17.0 Å². The van der Waals surface area contributed by atoms with E-state index in [2.05, 4.69) is 0 Å². The predicted molar refractivity (Wildman–Crippen MR) is 79.8 cm³/mol. The van der Waals surface area contributed by atoms with Crippen LogP contribution in [0.4, 0.5) is 5.69 Å². The Balaban J connectivity index is 2.43. The number of nitro groups is 1. The molecule has 0 radical (unpaired) electrons. The van der Waals surface area contributed by atoms with Gasteiger partial charge in [-0.2, -0.15) is 0 Å². The summed E-state index contributed by atoms with van der Waals surface area (Å²) < 4.78 is 5.49. The van der Waals surface area contributed by atoms with Crippen molar-refractivity contribution < 1.29 is 14.5 Å². The minimum absolute atomic E-state index is 0.0207. The maximum Gasteiger partial charge on any atom is 0.313 e. The fraction of sp³-hybridized carbons (Fsp3) is 0.0714. The summed E-state index contributed by atoms with van der Waals surface area (Å²) in [5.74, 6) is 0.340. The van der Waals surface area contributed by atoms with E-state index in [4.69, 9.17) is 27.9 Å². The molecule has 21 heavy (non-hydrogen) atoms. The normalized spacial score (nSPS) is 10.2. The third kappa shape index (κ3) is 3.32. The van der Waals surface area contributed by atoms with Crippen molar-refractivity contribution in [3.05, 3.63) is 61.6 Å². The van der Waals surface area contributed by atoms with Gasteiger partial charge in [-0.15, -0.1) is 0 Å². The summed E-state index contributed by atoms with van der Waals surface area (Å²) in [5, 5.41) is 11.2. The number of aldehydes is 1. The number of rotatable bonds is 4. The largest absolute Gasteiger partial charge is 0.450 e. The second-order valence-corrected chi connectivity index (χ2v) is 5.04. The van der Waals surface area contributed by atoms with Gasteiger partial charge in [-0.05, 0) is 30.7 Å². The van der Waals surface area contributed by atoms with Crippen LogP contribution >= 0.6 is 23.2 Å². The molecule has 2 rings (SSSR count). The molecule has 2 aromatic rings. The number of halogens is 2. The number of ether oxygens (including phenoxy) is 1. The smallest absolute Gasteiger partial charge is 0.313 e. The summed E-state index contributed by atoms with van der Waals surface area (Å²) in [6, 6.07) is 7.14. The summed E-state index contributed by atoms with van der Waals surface area (Å²) in [6.45, 7) is 1.74. The van der Waals surface area contributed by atoms with Gasteiger partial charge in [0.2, 0.25) is 5.75 Å². The first-order valence-electron chi connectivity index (χ1n) is 5.79. The maximum atomic E-state index is 11.0. The lowest BCUT2D eigenvalue weighted by Gasteiger charge is -2.09. The number of nitrogens with zero attached hydrogens (tertiary/aromatic N) is 1. The second-order valence-electron chi connectivity index (χ2n) is 4.23. The van der Waals surface area contributed by atoms with Crippen molar-refractivity contribution in [2.24, 2.45) is 0 Å². The Bertz CT molecular complexity index is 731. The lowest BCUT2D eigenvalue weighted by Crippen LogP contribution is -1.95. The number of hydrogen-bond donors (Lipinski definition) is 0. The zero-order valence-corrected chi connectivity index (χ0v) is 12.3. The molecule has 0 aliphatic rings. The van der Waals surface area contributed by atoms with E-state index < -0.39 is 4.92 Å². The Kier molecular flexibility index (Phi) is 4.45. The molecule has 0 aliphatic carbocycles. The highest BCUT2D eigenvalue weighted by Gasteiger charge is 2.19. The first kappa shape index (κ1) is 15.3. The lowest BCUT2D eigenvalue weighted by molar-refractivity contribution is -0.385. The molecule has 0 bridgehead atoms. The van der Waals surface area contributed by atoms with Crippen molar-refractivity contribution in [1.29, 1.82) is 0 Å². The van der Waals surface area contributed by atoms with E-state index >= 15 is 0 Å². The van der Waals surface area contributed by atoms with Gasteiger partial charge in [0.05, 0.1) is 15.0 Å².